The number of unbranched alkanes of at least 4 members (excludes halogenated alkanes) is 1. The van der Waals surface area contributed by atoms with E-state index >= 15 is 0 Å². The summed E-state index contributed by atoms with van der Waals surface area (Å²) in [7, 11) is 0. The minimum absolute atomic E-state index is 0.433. The highest BCUT2D eigenvalue weighted by Gasteiger charge is 1.94. The smallest absolute Gasteiger partial charge is 0.0914 e. The summed E-state index contributed by atoms with van der Waals surface area (Å²) in [5.74, 6) is 1.52. The first-order valence-electron chi connectivity index (χ1n) is 6.94. The van der Waals surface area contributed by atoms with Crippen molar-refractivity contribution < 1.29 is 4.74 Å². The van der Waals surface area contributed by atoms with E-state index in [-0.39, 0.29) is 0 Å². The van der Waals surface area contributed by atoms with Crippen LogP contribution in [0.2, 0.25) is 0 Å². The van der Waals surface area contributed by atoms with Crippen molar-refractivity contribution in [3.8, 4) is 0 Å². The second-order valence-corrected chi connectivity index (χ2v) is 5.25. The fraction of sp³-hybridized carbons (Fsp3) is 0.733. The van der Waals surface area contributed by atoms with Crippen LogP contribution in [0.5, 0.6) is 0 Å². The van der Waals surface area contributed by atoms with Crippen LogP contribution in [0, 0.1) is 5.92 Å². The first kappa shape index (κ1) is 17.0. The maximum absolute atomic E-state index is 5.46. The number of allylic oxidation sites excluding steroid dienone is 1. The lowest BCUT2D eigenvalue weighted by Crippen LogP contribution is -2.30. The van der Waals surface area contributed by atoms with Crippen molar-refractivity contribution in [2.24, 2.45) is 5.92 Å². The minimum atomic E-state index is 0.433. The lowest BCUT2D eigenvalue weighted by atomic mass is 10.2. The SMILES string of the molecule is C=C(NCCC/C=C/COCC(C)C)NC(C)C. The van der Waals surface area contributed by atoms with E-state index in [1.165, 1.54) is 0 Å². The Bertz CT molecular complexity index is 235. The van der Waals surface area contributed by atoms with E-state index in [2.05, 4.69) is 57.1 Å². The zero-order chi connectivity index (χ0) is 13.8. The molecule has 0 aromatic heterocycles. The summed E-state index contributed by atoms with van der Waals surface area (Å²) in [5, 5.41) is 6.49. The molecule has 0 radical (unpaired) electrons. The van der Waals surface area contributed by atoms with Crippen molar-refractivity contribution in [2.45, 2.75) is 46.6 Å². The Hall–Kier alpha value is -0.960. The van der Waals surface area contributed by atoms with Gasteiger partial charge in [-0.15, -0.1) is 0 Å². The van der Waals surface area contributed by atoms with Gasteiger partial charge in [-0.05, 0) is 32.6 Å². The van der Waals surface area contributed by atoms with Gasteiger partial charge >= 0.3 is 0 Å². The van der Waals surface area contributed by atoms with Gasteiger partial charge in [0.2, 0.25) is 0 Å². The van der Waals surface area contributed by atoms with Gasteiger partial charge in [-0.3, -0.25) is 0 Å². The molecule has 18 heavy (non-hydrogen) atoms. The second kappa shape index (κ2) is 11.1. The van der Waals surface area contributed by atoms with Crippen LogP contribution in [0.4, 0.5) is 0 Å². The second-order valence-electron chi connectivity index (χ2n) is 5.25. The van der Waals surface area contributed by atoms with Gasteiger partial charge in [0.15, 0.2) is 0 Å². The third-order valence-electron chi connectivity index (χ3n) is 2.18. The molecule has 0 aliphatic carbocycles. The van der Waals surface area contributed by atoms with Crippen LogP contribution >= 0.6 is 0 Å². The molecule has 0 saturated carbocycles. The van der Waals surface area contributed by atoms with Gasteiger partial charge in [-0.2, -0.15) is 0 Å². The van der Waals surface area contributed by atoms with Crippen molar-refractivity contribution in [1.29, 1.82) is 0 Å². The molecule has 0 heterocycles. The van der Waals surface area contributed by atoms with Gasteiger partial charge in [0, 0.05) is 19.2 Å². The Morgan fingerprint density at radius 1 is 1.22 bits per heavy atom. The maximum Gasteiger partial charge on any atom is 0.0914 e. The minimum Gasteiger partial charge on any atom is -0.377 e. The quantitative estimate of drug-likeness (QED) is 0.439. The lowest BCUT2D eigenvalue weighted by molar-refractivity contribution is 0.134. The van der Waals surface area contributed by atoms with Crippen LogP contribution in [-0.4, -0.2) is 25.8 Å². The number of hydrogen-bond donors (Lipinski definition) is 2. The van der Waals surface area contributed by atoms with Crippen LogP contribution in [0.15, 0.2) is 24.6 Å². The molecular weight excluding hydrogens is 224 g/mol. The van der Waals surface area contributed by atoms with Gasteiger partial charge in [-0.25, -0.2) is 0 Å². The highest BCUT2D eigenvalue weighted by atomic mass is 16.5. The standard InChI is InChI=1S/C15H30N2O/c1-13(2)12-18-11-9-7-6-8-10-16-15(5)17-14(3)4/h7,9,13-14,16-17H,5-6,8,10-12H2,1-4H3/b9-7+. The molecule has 0 amide bonds. The summed E-state index contributed by atoms with van der Waals surface area (Å²) in [6.07, 6.45) is 6.47. The first-order chi connectivity index (χ1) is 8.52. The average Bonchev–Trinajstić information content (AvgIpc) is 2.25. The van der Waals surface area contributed by atoms with Gasteiger partial charge in [-0.1, -0.05) is 32.6 Å². The van der Waals surface area contributed by atoms with E-state index in [0.29, 0.717) is 12.0 Å². The Morgan fingerprint density at radius 2 is 1.94 bits per heavy atom. The van der Waals surface area contributed by atoms with Crippen molar-refractivity contribution in [1.82, 2.24) is 10.6 Å². The van der Waals surface area contributed by atoms with Crippen LogP contribution in [-0.2, 0) is 4.74 Å². The molecule has 0 unspecified atom stereocenters. The Labute approximate surface area is 113 Å². The molecule has 0 spiro atoms. The monoisotopic (exact) mass is 254 g/mol. The molecule has 0 aromatic rings. The molecule has 0 fully saturated rings. The molecule has 0 aliphatic heterocycles. The summed E-state index contributed by atoms with van der Waals surface area (Å²) in [6.45, 7) is 15.0. The summed E-state index contributed by atoms with van der Waals surface area (Å²) in [5.41, 5.74) is 0. The van der Waals surface area contributed by atoms with E-state index in [0.717, 1.165) is 38.4 Å². The van der Waals surface area contributed by atoms with E-state index in [1.54, 1.807) is 0 Å². The van der Waals surface area contributed by atoms with E-state index in [9.17, 15) is 0 Å². The molecular formula is C15H30N2O. The zero-order valence-electron chi connectivity index (χ0n) is 12.5. The van der Waals surface area contributed by atoms with Gasteiger partial charge in [0.25, 0.3) is 0 Å². The number of nitrogens with one attached hydrogen (secondary N) is 2. The molecule has 0 bridgehead atoms. The zero-order valence-corrected chi connectivity index (χ0v) is 12.5. The molecule has 0 atom stereocenters. The topological polar surface area (TPSA) is 33.3 Å². The first-order valence-corrected chi connectivity index (χ1v) is 6.94. The van der Waals surface area contributed by atoms with Crippen molar-refractivity contribution in [2.75, 3.05) is 19.8 Å². The Kier molecular flexibility index (Phi) is 10.6. The highest BCUT2D eigenvalue weighted by Crippen LogP contribution is 1.94. The normalized spacial score (nSPS) is 11.4. The summed E-state index contributed by atoms with van der Waals surface area (Å²) in [4.78, 5) is 0. The van der Waals surface area contributed by atoms with Gasteiger partial charge in [0.05, 0.1) is 12.4 Å². The number of ether oxygens (including phenoxy) is 1. The third kappa shape index (κ3) is 13.1. The van der Waals surface area contributed by atoms with E-state index in [1.807, 2.05) is 0 Å². The van der Waals surface area contributed by atoms with Crippen LogP contribution in [0.3, 0.4) is 0 Å². The third-order valence-corrected chi connectivity index (χ3v) is 2.18. The van der Waals surface area contributed by atoms with Gasteiger partial charge < -0.3 is 15.4 Å². The Balaban J connectivity index is 3.29. The fourth-order valence-electron chi connectivity index (χ4n) is 1.42. The van der Waals surface area contributed by atoms with E-state index in [4.69, 9.17) is 4.74 Å². The fourth-order valence-corrected chi connectivity index (χ4v) is 1.42. The maximum atomic E-state index is 5.46. The van der Waals surface area contributed by atoms with Crippen molar-refractivity contribution in [3.05, 3.63) is 24.6 Å². The molecule has 0 aliphatic rings. The summed E-state index contributed by atoms with van der Waals surface area (Å²) >= 11 is 0. The number of hydrogen-bond acceptors (Lipinski definition) is 3. The van der Waals surface area contributed by atoms with Crippen molar-refractivity contribution in [3.63, 3.8) is 0 Å². The molecule has 3 nitrogen and oxygen atoms in total. The molecule has 106 valence electrons. The molecule has 2 N–H and O–H groups in total. The van der Waals surface area contributed by atoms with E-state index < -0.39 is 0 Å². The highest BCUT2D eigenvalue weighted by molar-refractivity contribution is 4.89. The summed E-state index contributed by atoms with van der Waals surface area (Å²) < 4.78 is 5.46. The average molecular weight is 254 g/mol. The molecule has 3 heteroatoms. The van der Waals surface area contributed by atoms with Crippen LogP contribution < -0.4 is 10.6 Å². The van der Waals surface area contributed by atoms with Crippen molar-refractivity contribution >= 4 is 0 Å². The largest absolute Gasteiger partial charge is 0.377 e. The predicted molar refractivity (Wildman–Crippen MR) is 79.4 cm³/mol. The molecule has 0 rings (SSSR count). The van der Waals surface area contributed by atoms with Gasteiger partial charge in [0.1, 0.15) is 0 Å². The van der Waals surface area contributed by atoms with Crippen LogP contribution in [0.25, 0.3) is 0 Å². The molecule has 0 aromatic carbocycles. The number of rotatable bonds is 11. The summed E-state index contributed by atoms with van der Waals surface area (Å²) in [6, 6.07) is 0.433. The lowest BCUT2D eigenvalue weighted by Gasteiger charge is -2.14. The Morgan fingerprint density at radius 3 is 2.56 bits per heavy atom. The van der Waals surface area contributed by atoms with Crippen LogP contribution in [0.1, 0.15) is 40.5 Å². The molecule has 0 saturated heterocycles. The predicted octanol–water partition coefficient (Wildman–Crippen LogP) is 3.05.